The highest BCUT2D eigenvalue weighted by molar-refractivity contribution is 5.33. The first-order valence-electron chi connectivity index (χ1n) is 7.58. The number of hydrogen-bond donors (Lipinski definition) is 1. The third-order valence-electron chi connectivity index (χ3n) is 3.69. The minimum Gasteiger partial charge on any atom is -0.493 e. The van der Waals surface area contributed by atoms with Gasteiger partial charge in [-0.2, -0.15) is 5.26 Å². The van der Waals surface area contributed by atoms with Gasteiger partial charge in [-0.25, -0.2) is 0 Å². The lowest BCUT2D eigenvalue weighted by Crippen LogP contribution is -2.43. The third-order valence-corrected chi connectivity index (χ3v) is 3.69. The number of aryl methyl sites for hydroxylation is 1. The fourth-order valence-electron chi connectivity index (χ4n) is 2.40. The highest BCUT2D eigenvalue weighted by Crippen LogP contribution is 2.20. The minimum absolute atomic E-state index is 0.400. The van der Waals surface area contributed by atoms with Crippen molar-refractivity contribution in [3.05, 3.63) is 29.8 Å². The number of rotatable bonds is 9. The van der Waals surface area contributed by atoms with Gasteiger partial charge in [0.15, 0.2) is 0 Å². The van der Waals surface area contributed by atoms with Gasteiger partial charge in [0.2, 0.25) is 0 Å². The molecule has 0 radical (unpaired) electrons. The van der Waals surface area contributed by atoms with Crippen LogP contribution in [0.3, 0.4) is 0 Å². The zero-order chi connectivity index (χ0) is 14.8. The van der Waals surface area contributed by atoms with Crippen LogP contribution in [0.1, 0.15) is 45.6 Å². The van der Waals surface area contributed by atoms with Crippen LogP contribution < -0.4 is 10.1 Å². The number of hydrogen-bond acceptors (Lipinski definition) is 3. The Morgan fingerprint density at radius 3 is 2.60 bits per heavy atom. The summed E-state index contributed by atoms with van der Waals surface area (Å²) >= 11 is 0. The first-order valence-corrected chi connectivity index (χ1v) is 7.58. The monoisotopic (exact) mass is 274 g/mol. The summed E-state index contributed by atoms with van der Waals surface area (Å²) in [5.74, 6) is 0.970. The van der Waals surface area contributed by atoms with Crippen molar-refractivity contribution in [2.24, 2.45) is 0 Å². The molecule has 0 aliphatic carbocycles. The predicted octanol–water partition coefficient (Wildman–Crippen LogP) is 3.69. The van der Waals surface area contributed by atoms with Gasteiger partial charge >= 0.3 is 0 Å². The van der Waals surface area contributed by atoms with Crippen LogP contribution in [0.25, 0.3) is 0 Å². The maximum Gasteiger partial charge on any atom is 0.122 e. The van der Waals surface area contributed by atoms with E-state index >= 15 is 0 Å². The fourth-order valence-corrected chi connectivity index (χ4v) is 2.40. The fraction of sp³-hybridized carbons (Fsp3) is 0.588. The lowest BCUT2D eigenvalue weighted by Gasteiger charge is -2.26. The average molecular weight is 274 g/mol. The average Bonchev–Trinajstić information content (AvgIpc) is 2.51. The van der Waals surface area contributed by atoms with E-state index in [1.54, 1.807) is 0 Å². The Morgan fingerprint density at radius 1 is 1.25 bits per heavy atom. The van der Waals surface area contributed by atoms with Gasteiger partial charge in [-0.15, -0.1) is 0 Å². The van der Waals surface area contributed by atoms with E-state index in [0.717, 1.165) is 38.0 Å². The van der Waals surface area contributed by atoms with Crippen LogP contribution in [0.15, 0.2) is 24.3 Å². The van der Waals surface area contributed by atoms with Crippen molar-refractivity contribution in [2.45, 2.75) is 52.0 Å². The molecule has 1 aromatic rings. The highest BCUT2D eigenvalue weighted by atomic mass is 16.5. The van der Waals surface area contributed by atoms with Crippen LogP contribution >= 0.6 is 0 Å². The van der Waals surface area contributed by atoms with Crippen LogP contribution in [0.4, 0.5) is 0 Å². The van der Waals surface area contributed by atoms with Gasteiger partial charge in [-0.3, -0.25) is 5.32 Å². The second-order valence-corrected chi connectivity index (χ2v) is 4.99. The number of benzene rings is 1. The Hall–Kier alpha value is -1.53. The normalized spacial score (nSPS) is 13.5. The molecule has 0 amide bonds. The summed E-state index contributed by atoms with van der Waals surface area (Å²) < 4.78 is 5.85. The molecule has 0 aliphatic heterocycles. The highest BCUT2D eigenvalue weighted by Gasteiger charge is 2.25. The van der Waals surface area contributed by atoms with Crippen LogP contribution in [0, 0.1) is 11.3 Å². The predicted molar refractivity (Wildman–Crippen MR) is 82.9 cm³/mol. The molecule has 0 saturated heterocycles. The summed E-state index contributed by atoms with van der Waals surface area (Å²) in [7, 11) is 0. The summed E-state index contributed by atoms with van der Waals surface area (Å²) in [4.78, 5) is 0. The maximum absolute atomic E-state index is 9.35. The number of ether oxygens (including phenoxy) is 1. The van der Waals surface area contributed by atoms with Gasteiger partial charge in [0.05, 0.1) is 12.7 Å². The van der Waals surface area contributed by atoms with E-state index in [1.807, 2.05) is 25.1 Å². The first-order chi connectivity index (χ1) is 9.71. The molecular weight excluding hydrogens is 248 g/mol. The molecule has 110 valence electrons. The van der Waals surface area contributed by atoms with E-state index in [9.17, 15) is 5.26 Å². The molecule has 0 spiro atoms. The number of para-hydroxylation sites is 1. The Morgan fingerprint density at radius 2 is 2.00 bits per heavy atom. The molecule has 0 bridgehead atoms. The quantitative estimate of drug-likeness (QED) is 0.698. The van der Waals surface area contributed by atoms with E-state index in [4.69, 9.17) is 4.74 Å². The van der Waals surface area contributed by atoms with Crippen molar-refractivity contribution in [1.29, 1.82) is 5.26 Å². The molecule has 1 aromatic carbocycles. The molecular formula is C17H26N2O. The standard InChI is InChI=1S/C17H26N2O/c1-4-15-10-7-8-11-16(15)20-13-9-12-17(5-2,14-18)19-6-3/h7-8,10-11,19H,4-6,9,12-13H2,1-3H3. The summed E-state index contributed by atoms with van der Waals surface area (Å²) in [5.41, 5.74) is 0.837. The van der Waals surface area contributed by atoms with Crippen LogP contribution in [-0.2, 0) is 6.42 Å². The molecule has 20 heavy (non-hydrogen) atoms. The smallest absolute Gasteiger partial charge is 0.122 e. The molecule has 3 nitrogen and oxygen atoms in total. The van der Waals surface area contributed by atoms with Crippen LogP contribution in [0.5, 0.6) is 5.75 Å². The molecule has 1 N–H and O–H groups in total. The van der Waals surface area contributed by atoms with E-state index in [1.165, 1.54) is 5.56 Å². The molecule has 1 unspecified atom stereocenters. The third kappa shape index (κ3) is 4.54. The lowest BCUT2D eigenvalue weighted by molar-refractivity contribution is 0.276. The molecule has 0 saturated carbocycles. The molecule has 1 atom stereocenters. The van der Waals surface area contributed by atoms with Crippen molar-refractivity contribution in [3.63, 3.8) is 0 Å². The van der Waals surface area contributed by atoms with Crippen molar-refractivity contribution in [1.82, 2.24) is 5.32 Å². The molecule has 3 heteroatoms. The van der Waals surface area contributed by atoms with Crippen molar-refractivity contribution < 1.29 is 4.74 Å². The van der Waals surface area contributed by atoms with Crippen molar-refractivity contribution in [2.75, 3.05) is 13.2 Å². The number of nitrogens with zero attached hydrogens (tertiary/aromatic N) is 1. The zero-order valence-electron chi connectivity index (χ0n) is 12.9. The topological polar surface area (TPSA) is 45.0 Å². The SMILES string of the molecule is CCNC(C#N)(CC)CCCOc1ccccc1CC. The van der Waals surface area contributed by atoms with Crippen molar-refractivity contribution in [3.8, 4) is 11.8 Å². The molecule has 0 heterocycles. The Balaban J connectivity index is 2.46. The van der Waals surface area contributed by atoms with E-state index in [2.05, 4.69) is 31.3 Å². The first kappa shape index (κ1) is 16.5. The van der Waals surface area contributed by atoms with Gasteiger partial charge in [0, 0.05) is 0 Å². The summed E-state index contributed by atoms with van der Waals surface area (Å²) in [6.07, 6.45) is 3.50. The molecule has 0 aromatic heterocycles. The van der Waals surface area contributed by atoms with Crippen LogP contribution in [0.2, 0.25) is 0 Å². The lowest BCUT2D eigenvalue weighted by atomic mass is 9.92. The molecule has 0 aliphatic rings. The number of nitrogens with one attached hydrogen (secondary N) is 1. The minimum atomic E-state index is -0.400. The van der Waals surface area contributed by atoms with Crippen molar-refractivity contribution >= 4 is 0 Å². The van der Waals surface area contributed by atoms with Gasteiger partial charge in [-0.1, -0.05) is 39.0 Å². The number of nitriles is 1. The van der Waals surface area contributed by atoms with Gasteiger partial charge in [0.25, 0.3) is 0 Å². The molecule has 0 fully saturated rings. The Bertz CT molecular complexity index is 439. The van der Waals surface area contributed by atoms with Gasteiger partial charge in [-0.05, 0) is 43.9 Å². The van der Waals surface area contributed by atoms with E-state index in [-0.39, 0.29) is 0 Å². The summed E-state index contributed by atoms with van der Waals surface area (Å²) in [6, 6.07) is 10.6. The second-order valence-electron chi connectivity index (χ2n) is 4.99. The van der Waals surface area contributed by atoms with Gasteiger partial charge in [0.1, 0.15) is 11.3 Å². The van der Waals surface area contributed by atoms with Crippen LogP contribution in [-0.4, -0.2) is 18.7 Å². The van der Waals surface area contributed by atoms with E-state index < -0.39 is 5.54 Å². The summed E-state index contributed by atoms with van der Waals surface area (Å²) in [6.45, 7) is 7.70. The van der Waals surface area contributed by atoms with Gasteiger partial charge < -0.3 is 4.74 Å². The second kappa shape index (κ2) is 8.60. The zero-order valence-corrected chi connectivity index (χ0v) is 12.9. The largest absolute Gasteiger partial charge is 0.493 e. The molecule has 1 rings (SSSR count). The van der Waals surface area contributed by atoms with E-state index in [0.29, 0.717) is 6.61 Å². The Labute approximate surface area is 123 Å². The summed E-state index contributed by atoms with van der Waals surface area (Å²) in [5, 5.41) is 12.7. The maximum atomic E-state index is 9.35. The Kier molecular flexibility index (Phi) is 7.11.